The van der Waals surface area contributed by atoms with E-state index in [-0.39, 0.29) is 11.8 Å². The molecule has 0 aliphatic carbocycles. The van der Waals surface area contributed by atoms with E-state index in [2.05, 4.69) is 13.8 Å². The van der Waals surface area contributed by atoms with Gasteiger partial charge in [-0.05, 0) is 60.7 Å². The smallest absolute Gasteiger partial charge is 0.282 e. The van der Waals surface area contributed by atoms with Crippen LogP contribution in [0.4, 0.5) is 5.69 Å². The van der Waals surface area contributed by atoms with Crippen LogP contribution in [-0.4, -0.2) is 43.5 Å². The SMILES string of the molecule is COc1ccc(N2C(=O)C(c3ccc(OCC(C)C)cc3)=C(N3CCCC3)C2=O)cc1. The van der Waals surface area contributed by atoms with Crippen molar-refractivity contribution in [1.82, 2.24) is 4.90 Å². The fraction of sp³-hybridized carbons (Fsp3) is 0.360. The van der Waals surface area contributed by atoms with Gasteiger partial charge in [0.15, 0.2) is 0 Å². The van der Waals surface area contributed by atoms with Crippen LogP contribution in [0.5, 0.6) is 11.5 Å². The monoisotopic (exact) mass is 420 g/mol. The molecule has 31 heavy (non-hydrogen) atoms. The van der Waals surface area contributed by atoms with E-state index in [1.54, 1.807) is 31.4 Å². The first-order chi connectivity index (χ1) is 15.0. The summed E-state index contributed by atoms with van der Waals surface area (Å²) < 4.78 is 11.0. The molecule has 2 aromatic carbocycles. The van der Waals surface area contributed by atoms with Gasteiger partial charge in [0, 0.05) is 13.1 Å². The second-order valence-corrected chi connectivity index (χ2v) is 8.29. The second kappa shape index (κ2) is 8.84. The highest BCUT2D eigenvalue weighted by Gasteiger charge is 2.42. The number of rotatable bonds is 7. The molecule has 0 N–H and O–H groups in total. The first-order valence-corrected chi connectivity index (χ1v) is 10.7. The number of nitrogens with zero attached hydrogens (tertiary/aromatic N) is 2. The number of amides is 2. The van der Waals surface area contributed by atoms with Crippen LogP contribution in [0.2, 0.25) is 0 Å². The molecule has 0 saturated carbocycles. The van der Waals surface area contributed by atoms with Crippen molar-refractivity contribution in [3.05, 3.63) is 59.8 Å². The van der Waals surface area contributed by atoms with E-state index in [9.17, 15) is 9.59 Å². The molecule has 6 nitrogen and oxygen atoms in total. The highest BCUT2D eigenvalue weighted by molar-refractivity contribution is 6.45. The number of benzene rings is 2. The molecule has 0 radical (unpaired) electrons. The lowest BCUT2D eigenvalue weighted by molar-refractivity contribution is -0.120. The predicted octanol–water partition coefficient (Wildman–Crippen LogP) is 4.11. The zero-order chi connectivity index (χ0) is 22.0. The lowest BCUT2D eigenvalue weighted by Gasteiger charge is -2.20. The number of carbonyl (C=O) groups is 2. The molecule has 0 spiro atoms. The van der Waals surface area contributed by atoms with Crippen molar-refractivity contribution < 1.29 is 19.1 Å². The molecule has 1 saturated heterocycles. The Bertz CT molecular complexity index is 987. The van der Waals surface area contributed by atoms with Gasteiger partial charge in [0.05, 0.1) is 25.0 Å². The molecule has 1 fully saturated rings. The van der Waals surface area contributed by atoms with Crippen LogP contribution in [0, 0.1) is 5.92 Å². The Kier molecular flexibility index (Phi) is 5.98. The first kappa shape index (κ1) is 21.0. The molecule has 162 valence electrons. The van der Waals surface area contributed by atoms with Gasteiger partial charge < -0.3 is 14.4 Å². The van der Waals surface area contributed by atoms with E-state index < -0.39 is 0 Å². The number of hydrogen-bond donors (Lipinski definition) is 0. The standard InChI is InChI=1S/C25H28N2O4/c1-17(2)16-31-21-10-6-18(7-11-21)22-23(26-14-4-5-15-26)25(29)27(24(22)28)19-8-12-20(30-3)13-9-19/h6-13,17H,4-5,14-16H2,1-3H3. The van der Waals surface area contributed by atoms with Crippen molar-refractivity contribution in [3.63, 3.8) is 0 Å². The Balaban J connectivity index is 1.69. The van der Waals surface area contributed by atoms with Crippen molar-refractivity contribution in [1.29, 1.82) is 0 Å². The molecular weight excluding hydrogens is 392 g/mol. The normalized spacial score (nSPS) is 16.6. The Morgan fingerprint density at radius 1 is 0.871 bits per heavy atom. The van der Waals surface area contributed by atoms with E-state index in [0.717, 1.165) is 37.2 Å². The lowest BCUT2D eigenvalue weighted by Crippen LogP contribution is -2.34. The maximum Gasteiger partial charge on any atom is 0.282 e. The molecule has 0 atom stereocenters. The van der Waals surface area contributed by atoms with Gasteiger partial charge in [0.2, 0.25) is 0 Å². The van der Waals surface area contributed by atoms with E-state index in [0.29, 0.717) is 35.2 Å². The summed E-state index contributed by atoms with van der Waals surface area (Å²) in [5.74, 6) is 1.29. The van der Waals surface area contributed by atoms with Gasteiger partial charge in [-0.25, -0.2) is 4.90 Å². The van der Waals surface area contributed by atoms with E-state index in [4.69, 9.17) is 9.47 Å². The number of hydrogen-bond acceptors (Lipinski definition) is 5. The summed E-state index contributed by atoms with van der Waals surface area (Å²) >= 11 is 0. The van der Waals surface area contributed by atoms with Crippen LogP contribution in [-0.2, 0) is 9.59 Å². The molecule has 2 amide bonds. The topological polar surface area (TPSA) is 59.1 Å². The van der Waals surface area contributed by atoms with Gasteiger partial charge in [0.1, 0.15) is 17.2 Å². The van der Waals surface area contributed by atoms with E-state index in [1.807, 2.05) is 29.2 Å². The highest BCUT2D eigenvalue weighted by atomic mass is 16.5. The summed E-state index contributed by atoms with van der Waals surface area (Å²) in [7, 11) is 1.58. The number of likely N-dealkylation sites (tertiary alicyclic amines) is 1. The van der Waals surface area contributed by atoms with Crippen molar-refractivity contribution in [2.75, 3.05) is 31.7 Å². The van der Waals surface area contributed by atoms with E-state index in [1.165, 1.54) is 4.90 Å². The molecule has 2 heterocycles. The van der Waals surface area contributed by atoms with Gasteiger partial charge in [0.25, 0.3) is 11.8 Å². The number of methoxy groups -OCH3 is 1. The van der Waals surface area contributed by atoms with E-state index >= 15 is 0 Å². The summed E-state index contributed by atoms with van der Waals surface area (Å²) in [6, 6.07) is 14.4. The number of carbonyl (C=O) groups excluding carboxylic acids is 2. The molecule has 2 aromatic rings. The van der Waals surface area contributed by atoms with Gasteiger partial charge in [-0.1, -0.05) is 26.0 Å². The Morgan fingerprint density at radius 2 is 1.48 bits per heavy atom. The highest BCUT2D eigenvalue weighted by Crippen LogP contribution is 2.37. The van der Waals surface area contributed by atoms with Crippen LogP contribution in [0.15, 0.2) is 54.2 Å². The summed E-state index contributed by atoms with van der Waals surface area (Å²) in [5, 5.41) is 0. The van der Waals surface area contributed by atoms with Crippen LogP contribution in [0.25, 0.3) is 5.57 Å². The van der Waals surface area contributed by atoms with Gasteiger partial charge in [-0.2, -0.15) is 0 Å². The van der Waals surface area contributed by atoms with Gasteiger partial charge in [-0.15, -0.1) is 0 Å². The van der Waals surface area contributed by atoms with Gasteiger partial charge in [-0.3, -0.25) is 9.59 Å². The van der Waals surface area contributed by atoms with Crippen molar-refractivity contribution in [3.8, 4) is 11.5 Å². The molecule has 0 bridgehead atoms. The van der Waals surface area contributed by atoms with Crippen LogP contribution >= 0.6 is 0 Å². The minimum atomic E-state index is -0.298. The maximum absolute atomic E-state index is 13.5. The van der Waals surface area contributed by atoms with Crippen molar-refractivity contribution in [2.24, 2.45) is 5.92 Å². The Hall–Kier alpha value is -3.28. The minimum absolute atomic E-state index is 0.271. The molecular formula is C25H28N2O4. The molecule has 0 aromatic heterocycles. The summed E-state index contributed by atoms with van der Waals surface area (Å²) in [4.78, 5) is 30.2. The van der Waals surface area contributed by atoms with Crippen LogP contribution in [0.1, 0.15) is 32.3 Å². The average Bonchev–Trinajstić information content (AvgIpc) is 3.39. The minimum Gasteiger partial charge on any atom is -0.497 e. The third-order valence-corrected chi connectivity index (χ3v) is 5.54. The van der Waals surface area contributed by atoms with Crippen LogP contribution in [0.3, 0.4) is 0 Å². The molecule has 4 rings (SSSR count). The van der Waals surface area contributed by atoms with Crippen molar-refractivity contribution >= 4 is 23.1 Å². The van der Waals surface area contributed by atoms with Crippen LogP contribution < -0.4 is 14.4 Å². The molecule has 0 unspecified atom stereocenters. The first-order valence-electron chi connectivity index (χ1n) is 10.7. The summed E-state index contributed by atoms with van der Waals surface area (Å²) in [6.45, 7) is 6.38. The molecule has 2 aliphatic rings. The number of imide groups is 1. The second-order valence-electron chi connectivity index (χ2n) is 8.29. The third kappa shape index (κ3) is 4.15. The summed E-state index contributed by atoms with van der Waals surface area (Å²) in [5.41, 5.74) is 2.22. The lowest BCUT2D eigenvalue weighted by atomic mass is 10.0. The summed E-state index contributed by atoms with van der Waals surface area (Å²) in [6.07, 6.45) is 2.03. The maximum atomic E-state index is 13.5. The molecule has 2 aliphatic heterocycles. The van der Waals surface area contributed by atoms with Crippen molar-refractivity contribution in [2.45, 2.75) is 26.7 Å². The zero-order valence-electron chi connectivity index (χ0n) is 18.3. The third-order valence-electron chi connectivity index (χ3n) is 5.54. The predicted molar refractivity (Wildman–Crippen MR) is 120 cm³/mol. The molecule has 6 heteroatoms. The Labute approximate surface area is 183 Å². The Morgan fingerprint density at radius 3 is 2.06 bits per heavy atom. The largest absolute Gasteiger partial charge is 0.497 e. The number of ether oxygens (including phenoxy) is 2. The van der Waals surface area contributed by atoms with Gasteiger partial charge >= 0.3 is 0 Å². The fourth-order valence-corrected chi connectivity index (χ4v) is 3.96. The quantitative estimate of drug-likeness (QED) is 0.631. The number of anilines is 1. The average molecular weight is 421 g/mol. The fourth-order valence-electron chi connectivity index (χ4n) is 3.96. The zero-order valence-corrected chi connectivity index (χ0v) is 18.3.